The number of methoxy groups -OCH3 is 1. The highest BCUT2D eigenvalue weighted by Crippen LogP contribution is 2.15. The van der Waals surface area contributed by atoms with Crippen LogP contribution in [0.3, 0.4) is 0 Å². The normalized spacial score (nSPS) is 11.6. The van der Waals surface area contributed by atoms with Crippen LogP contribution in [0.25, 0.3) is 17.1 Å². The average Bonchev–Trinajstić information content (AvgIpc) is 2.82. The van der Waals surface area contributed by atoms with Crippen molar-refractivity contribution in [2.24, 2.45) is 0 Å². The van der Waals surface area contributed by atoms with Gasteiger partial charge in [0.05, 0.1) is 7.11 Å². The first-order valence-corrected chi connectivity index (χ1v) is 5.15. The van der Waals surface area contributed by atoms with E-state index in [1.807, 2.05) is 0 Å². The topological polar surface area (TPSA) is 82.3 Å². The second-order valence-corrected chi connectivity index (χ2v) is 3.62. The van der Waals surface area contributed by atoms with E-state index < -0.39 is 5.97 Å². The lowest BCUT2D eigenvalue weighted by Gasteiger charge is -2.01. The van der Waals surface area contributed by atoms with Crippen LogP contribution in [0.1, 0.15) is 12.5 Å². The lowest BCUT2D eigenvalue weighted by Crippen LogP contribution is -2.11. The molecule has 1 aromatic carbocycles. The van der Waals surface area contributed by atoms with Gasteiger partial charge < -0.3 is 4.74 Å². The fraction of sp³-hybridized carbons (Fsp3) is 0.167. The summed E-state index contributed by atoms with van der Waals surface area (Å²) in [6.45, 7) is 1.30. The minimum absolute atomic E-state index is 0.0201. The Kier molecular flexibility index (Phi) is 3.18. The van der Waals surface area contributed by atoms with Crippen molar-refractivity contribution in [1.29, 1.82) is 0 Å². The average molecular weight is 246 g/mol. The van der Waals surface area contributed by atoms with Crippen molar-refractivity contribution >= 4 is 28.9 Å². The molecule has 0 bridgehead atoms. The van der Waals surface area contributed by atoms with E-state index in [2.05, 4.69) is 19.7 Å². The third kappa shape index (κ3) is 2.27. The SMILES string of the molecule is COC(=O)C(=Cc1ccc2nonc2c1)C(C)=O. The van der Waals surface area contributed by atoms with Crippen LogP contribution in [0.5, 0.6) is 0 Å². The molecular weight excluding hydrogens is 236 g/mol. The second kappa shape index (κ2) is 4.79. The summed E-state index contributed by atoms with van der Waals surface area (Å²) in [6, 6.07) is 5.06. The van der Waals surface area contributed by atoms with E-state index in [9.17, 15) is 9.59 Å². The Morgan fingerprint density at radius 3 is 2.67 bits per heavy atom. The summed E-state index contributed by atoms with van der Waals surface area (Å²) in [4.78, 5) is 22.8. The van der Waals surface area contributed by atoms with E-state index in [-0.39, 0.29) is 11.4 Å². The Labute approximate surface area is 102 Å². The van der Waals surface area contributed by atoms with Crippen LogP contribution in [0.15, 0.2) is 28.4 Å². The standard InChI is InChI=1S/C12H10N2O4/c1-7(15)9(12(16)17-2)5-8-3-4-10-11(6-8)14-18-13-10/h3-6H,1-2H3. The van der Waals surface area contributed by atoms with Crippen molar-refractivity contribution in [3.63, 3.8) is 0 Å². The molecule has 0 aliphatic rings. The quantitative estimate of drug-likeness (QED) is 0.352. The molecule has 0 spiro atoms. The van der Waals surface area contributed by atoms with E-state index in [1.54, 1.807) is 18.2 Å². The minimum Gasteiger partial charge on any atom is -0.465 e. The molecule has 18 heavy (non-hydrogen) atoms. The predicted molar refractivity (Wildman–Crippen MR) is 62.5 cm³/mol. The third-order valence-corrected chi connectivity index (χ3v) is 2.37. The van der Waals surface area contributed by atoms with Crippen molar-refractivity contribution in [1.82, 2.24) is 10.3 Å². The maximum atomic E-state index is 11.4. The highest BCUT2D eigenvalue weighted by Gasteiger charge is 2.14. The minimum atomic E-state index is -0.666. The molecule has 6 nitrogen and oxygen atoms in total. The van der Waals surface area contributed by atoms with Gasteiger partial charge in [-0.1, -0.05) is 6.07 Å². The van der Waals surface area contributed by atoms with Gasteiger partial charge in [-0.05, 0) is 41.0 Å². The van der Waals surface area contributed by atoms with Gasteiger partial charge >= 0.3 is 5.97 Å². The van der Waals surface area contributed by atoms with E-state index >= 15 is 0 Å². The fourth-order valence-electron chi connectivity index (χ4n) is 1.47. The largest absolute Gasteiger partial charge is 0.465 e. The van der Waals surface area contributed by atoms with Gasteiger partial charge in [-0.3, -0.25) is 4.79 Å². The molecule has 0 saturated carbocycles. The first-order chi connectivity index (χ1) is 8.61. The number of carbonyl (C=O) groups excluding carboxylic acids is 2. The Morgan fingerprint density at radius 1 is 1.28 bits per heavy atom. The number of rotatable bonds is 3. The van der Waals surface area contributed by atoms with Crippen LogP contribution in [0, 0.1) is 0 Å². The Bertz CT molecular complexity index is 642. The van der Waals surface area contributed by atoms with Crippen LogP contribution in [0.2, 0.25) is 0 Å². The summed E-state index contributed by atoms with van der Waals surface area (Å²) < 4.78 is 9.11. The predicted octanol–water partition coefficient (Wildman–Crippen LogP) is 1.37. The van der Waals surface area contributed by atoms with Gasteiger partial charge in [0.1, 0.15) is 16.6 Å². The zero-order valence-electron chi connectivity index (χ0n) is 9.84. The zero-order valence-corrected chi connectivity index (χ0v) is 9.84. The third-order valence-electron chi connectivity index (χ3n) is 2.37. The molecule has 0 unspecified atom stereocenters. The van der Waals surface area contributed by atoms with Crippen molar-refractivity contribution in [2.75, 3.05) is 7.11 Å². The van der Waals surface area contributed by atoms with Gasteiger partial charge in [-0.25, -0.2) is 9.42 Å². The molecule has 0 fully saturated rings. The molecule has 1 heterocycles. The lowest BCUT2D eigenvalue weighted by atomic mass is 10.1. The van der Waals surface area contributed by atoms with Crippen LogP contribution >= 0.6 is 0 Å². The van der Waals surface area contributed by atoms with Gasteiger partial charge in [0.15, 0.2) is 5.78 Å². The van der Waals surface area contributed by atoms with Crippen molar-refractivity contribution in [3.8, 4) is 0 Å². The Morgan fingerprint density at radius 2 is 2.00 bits per heavy atom. The van der Waals surface area contributed by atoms with Gasteiger partial charge in [-0.2, -0.15) is 0 Å². The highest BCUT2D eigenvalue weighted by molar-refractivity contribution is 6.19. The van der Waals surface area contributed by atoms with E-state index in [4.69, 9.17) is 0 Å². The molecule has 0 atom stereocenters. The number of fused-ring (bicyclic) bond motifs is 1. The summed E-state index contributed by atoms with van der Waals surface area (Å²) in [5.41, 5.74) is 1.79. The molecule has 0 radical (unpaired) electrons. The number of carbonyl (C=O) groups is 2. The number of hydrogen-bond acceptors (Lipinski definition) is 6. The monoisotopic (exact) mass is 246 g/mol. The maximum Gasteiger partial charge on any atom is 0.341 e. The number of benzene rings is 1. The molecule has 1 aromatic heterocycles. The molecule has 0 amide bonds. The van der Waals surface area contributed by atoms with E-state index in [1.165, 1.54) is 20.1 Å². The van der Waals surface area contributed by atoms with Crippen LogP contribution < -0.4 is 0 Å². The molecule has 0 N–H and O–H groups in total. The molecule has 0 saturated heterocycles. The Hall–Kier alpha value is -2.50. The van der Waals surface area contributed by atoms with Crippen LogP contribution in [0.4, 0.5) is 0 Å². The van der Waals surface area contributed by atoms with Gasteiger partial charge in [0.2, 0.25) is 0 Å². The first-order valence-electron chi connectivity index (χ1n) is 5.15. The summed E-state index contributed by atoms with van der Waals surface area (Å²) in [7, 11) is 1.23. The molecular formula is C12H10N2O4. The van der Waals surface area contributed by atoms with Gasteiger partial charge in [0.25, 0.3) is 0 Å². The molecule has 0 aliphatic heterocycles. The van der Waals surface area contributed by atoms with Crippen molar-refractivity contribution in [2.45, 2.75) is 6.92 Å². The fourth-order valence-corrected chi connectivity index (χ4v) is 1.47. The molecule has 2 rings (SSSR count). The lowest BCUT2D eigenvalue weighted by molar-refractivity contribution is -0.137. The van der Waals surface area contributed by atoms with Crippen LogP contribution in [-0.2, 0) is 14.3 Å². The number of Topliss-reactive ketones (excluding diaryl/α,β-unsaturated/α-hetero) is 1. The number of nitrogens with zero attached hydrogens (tertiary/aromatic N) is 2. The smallest absolute Gasteiger partial charge is 0.341 e. The number of hydrogen-bond donors (Lipinski definition) is 0. The molecule has 92 valence electrons. The zero-order chi connectivity index (χ0) is 13.1. The maximum absolute atomic E-state index is 11.4. The Balaban J connectivity index is 2.45. The molecule has 2 aromatic rings. The van der Waals surface area contributed by atoms with Crippen molar-refractivity contribution < 1.29 is 19.0 Å². The summed E-state index contributed by atoms with van der Waals surface area (Å²) >= 11 is 0. The van der Waals surface area contributed by atoms with Gasteiger partial charge in [0, 0.05) is 0 Å². The van der Waals surface area contributed by atoms with Gasteiger partial charge in [-0.15, -0.1) is 0 Å². The number of esters is 1. The first kappa shape index (κ1) is 12.0. The summed E-state index contributed by atoms with van der Waals surface area (Å²) in [6.07, 6.45) is 1.45. The van der Waals surface area contributed by atoms with E-state index in [0.717, 1.165) is 0 Å². The van der Waals surface area contributed by atoms with Crippen molar-refractivity contribution in [3.05, 3.63) is 29.3 Å². The van der Waals surface area contributed by atoms with Crippen LogP contribution in [-0.4, -0.2) is 29.2 Å². The summed E-state index contributed by atoms with van der Waals surface area (Å²) in [5.74, 6) is -1.03. The number of aromatic nitrogens is 2. The summed E-state index contributed by atoms with van der Waals surface area (Å²) in [5, 5.41) is 7.34. The number of ether oxygens (including phenoxy) is 1. The molecule has 6 heteroatoms. The molecule has 0 aliphatic carbocycles. The second-order valence-electron chi connectivity index (χ2n) is 3.62. The highest BCUT2D eigenvalue weighted by atomic mass is 16.6. The number of ketones is 1. The van der Waals surface area contributed by atoms with E-state index in [0.29, 0.717) is 16.6 Å².